The molecule has 1 aromatic heterocycles. The van der Waals surface area contributed by atoms with Gasteiger partial charge in [-0.1, -0.05) is 6.07 Å². The first-order chi connectivity index (χ1) is 10.3. The van der Waals surface area contributed by atoms with Crippen molar-refractivity contribution in [3.8, 4) is 0 Å². The smallest absolute Gasteiger partial charge is 0.317 e. The Bertz CT molecular complexity index is 419. The zero-order valence-electron chi connectivity index (χ0n) is 12.8. The molecule has 1 aliphatic heterocycles. The van der Waals surface area contributed by atoms with Crippen LogP contribution in [0.4, 0.5) is 4.79 Å². The lowest BCUT2D eigenvalue weighted by Gasteiger charge is -2.23. The summed E-state index contributed by atoms with van der Waals surface area (Å²) in [4.78, 5) is 17.9. The number of amides is 2. The highest BCUT2D eigenvalue weighted by Crippen LogP contribution is 2.14. The van der Waals surface area contributed by atoms with Gasteiger partial charge in [-0.15, -0.1) is 0 Å². The van der Waals surface area contributed by atoms with Crippen molar-refractivity contribution in [2.24, 2.45) is 0 Å². The van der Waals surface area contributed by atoms with E-state index in [0.29, 0.717) is 19.2 Å². The molecule has 21 heavy (non-hydrogen) atoms. The summed E-state index contributed by atoms with van der Waals surface area (Å²) >= 11 is 0. The van der Waals surface area contributed by atoms with E-state index in [1.54, 1.807) is 11.1 Å². The van der Waals surface area contributed by atoms with Crippen LogP contribution in [0.25, 0.3) is 0 Å². The number of nitrogens with zero attached hydrogens (tertiary/aromatic N) is 2. The van der Waals surface area contributed by atoms with Gasteiger partial charge in [-0.3, -0.25) is 4.98 Å². The van der Waals surface area contributed by atoms with E-state index in [4.69, 9.17) is 4.74 Å². The Balaban J connectivity index is 1.60. The molecule has 2 amide bonds. The van der Waals surface area contributed by atoms with Crippen LogP contribution in [0, 0.1) is 0 Å². The summed E-state index contributed by atoms with van der Waals surface area (Å²) in [7, 11) is 1.81. The van der Waals surface area contributed by atoms with Gasteiger partial charge in [0.1, 0.15) is 0 Å². The van der Waals surface area contributed by atoms with Gasteiger partial charge in [0.25, 0.3) is 0 Å². The molecule has 5 nitrogen and oxygen atoms in total. The van der Waals surface area contributed by atoms with Gasteiger partial charge in [-0.25, -0.2) is 4.79 Å². The van der Waals surface area contributed by atoms with Crippen molar-refractivity contribution in [1.29, 1.82) is 0 Å². The van der Waals surface area contributed by atoms with E-state index in [1.165, 1.54) is 12.8 Å². The maximum absolute atomic E-state index is 12.0. The number of aromatic nitrogens is 1. The number of nitrogens with one attached hydrogen (secondary N) is 1. The number of rotatable bonds is 6. The van der Waals surface area contributed by atoms with Crippen LogP contribution in [0.15, 0.2) is 24.4 Å². The molecule has 0 radical (unpaired) electrons. The van der Waals surface area contributed by atoms with Crippen molar-refractivity contribution in [2.75, 3.05) is 26.7 Å². The van der Waals surface area contributed by atoms with Gasteiger partial charge in [0.15, 0.2) is 0 Å². The third kappa shape index (κ3) is 5.71. The van der Waals surface area contributed by atoms with E-state index in [9.17, 15) is 4.79 Å². The topological polar surface area (TPSA) is 54.5 Å². The zero-order chi connectivity index (χ0) is 14.9. The second-order valence-electron chi connectivity index (χ2n) is 5.50. The monoisotopic (exact) mass is 291 g/mol. The molecule has 0 saturated carbocycles. The molecule has 2 heterocycles. The first-order valence-corrected chi connectivity index (χ1v) is 7.76. The summed E-state index contributed by atoms with van der Waals surface area (Å²) < 4.78 is 5.65. The van der Waals surface area contributed by atoms with Crippen molar-refractivity contribution < 1.29 is 9.53 Å². The minimum absolute atomic E-state index is 0.0262. The predicted molar refractivity (Wildman–Crippen MR) is 82.2 cm³/mol. The van der Waals surface area contributed by atoms with Crippen molar-refractivity contribution in [2.45, 2.75) is 38.2 Å². The van der Waals surface area contributed by atoms with Gasteiger partial charge in [-0.05, 0) is 37.8 Å². The summed E-state index contributed by atoms with van der Waals surface area (Å²) in [5.74, 6) is 0. The summed E-state index contributed by atoms with van der Waals surface area (Å²) in [5, 5.41) is 2.95. The Hall–Kier alpha value is -1.62. The largest absolute Gasteiger partial charge is 0.378 e. The lowest BCUT2D eigenvalue weighted by molar-refractivity contribution is 0.0118. The molecule has 0 bridgehead atoms. The number of pyridine rings is 1. The Morgan fingerprint density at radius 1 is 1.48 bits per heavy atom. The highest BCUT2D eigenvalue weighted by molar-refractivity contribution is 5.73. The number of carbonyl (C=O) groups is 1. The van der Waals surface area contributed by atoms with Gasteiger partial charge in [0.05, 0.1) is 6.10 Å². The fourth-order valence-electron chi connectivity index (χ4n) is 2.44. The molecule has 0 aliphatic carbocycles. The van der Waals surface area contributed by atoms with Crippen molar-refractivity contribution in [1.82, 2.24) is 15.2 Å². The van der Waals surface area contributed by atoms with Crippen LogP contribution in [0.2, 0.25) is 0 Å². The average Bonchev–Trinajstić information content (AvgIpc) is 2.54. The van der Waals surface area contributed by atoms with E-state index in [2.05, 4.69) is 10.3 Å². The lowest BCUT2D eigenvalue weighted by Crippen LogP contribution is -2.39. The molecule has 0 unspecified atom stereocenters. The van der Waals surface area contributed by atoms with Crippen LogP contribution >= 0.6 is 0 Å². The van der Waals surface area contributed by atoms with Gasteiger partial charge in [0, 0.05) is 45.1 Å². The quantitative estimate of drug-likeness (QED) is 0.874. The average molecular weight is 291 g/mol. The molecular weight excluding hydrogens is 266 g/mol. The standard InChI is InChI=1S/C16H25N3O2/c1-19(12-9-14-6-2-4-10-17-14)16(20)18-11-8-15-7-3-5-13-21-15/h2,4,6,10,15H,3,5,7-9,11-13H2,1H3,(H,18,20)/t15-/m1/s1. The number of ether oxygens (including phenoxy) is 1. The molecule has 1 aromatic rings. The minimum Gasteiger partial charge on any atom is -0.378 e. The number of carbonyl (C=O) groups excluding carboxylic acids is 1. The van der Waals surface area contributed by atoms with E-state index < -0.39 is 0 Å². The normalized spacial score (nSPS) is 18.2. The molecule has 1 fully saturated rings. The van der Waals surface area contributed by atoms with E-state index in [-0.39, 0.29) is 6.03 Å². The van der Waals surface area contributed by atoms with E-state index in [1.807, 2.05) is 25.2 Å². The fourth-order valence-corrected chi connectivity index (χ4v) is 2.44. The highest BCUT2D eigenvalue weighted by atomic mass is 16.5. The van der Waals surface area contributed by atoms with Crippen LogP contribution < -0.4 is 5.32 Å². The Kier molecular flexibility index (Phi) is 6.47. The number of urea groups is 1. The Morgan fingerprint density at radius 3 is 3.10 bits per heavy atom. The van der Waals surface area contributed by atoms with E-state index in [0.717, 1.165) is 31.6 Å². The predicted octanol–water partition coefficient (Wildman–Crippen LogP) is 2.22. The van der Waals surface area contributed by atoms with E-state index >= 15 is 0 Å². The Morgan fingerprint density at radius 2 is 2.38 bits per heavy atom. The zero-order valence-corrected chi connectivity index (χ0v) is 12.8. The molecule has 1 aliphatic rings. The third-order valence-corrected chi connectivity index (χ3v) is 3.79. The van der Waals surface area contributed by atoms with Crippen LogP contribution in [-0.4, -0.2) is 48.8 Å². The molecule has 1 atom stereocenters. The summed E-state index contributed by atoms with van der Waals surface area (Å²) in [6.45, 7) is 2.21. The Labute approximate surface area is 126 Å². The van der Waals surface area contributed by atoms with Crippen molar-refractivity contribution >= 4 is 6.03 Å². The van der Waals surface area contributed by atoms with Crippen LogP contribution in [-0.2, 0) is 11.2 Å². The van der Waals surface area contributed by atoms with Gasteiger partial charge in [0.2, 0.25) is 0 Å². The molecule has 5 heteroatoms. The molecule has 2 rings (SSSR count). The first kappa shape index (κ1) is 15.8. The number of hydrogen-bond acceptors (Lipinski definition) is 3. The SMILES string of the molecule is CN(CCc1ccccn1)C(=O)NCC[C@H]1CCCCO1. The van der Waals surface area contributed by atoms with Gasteiger partial charge < -0.3 is 15.0 Å². The van der Waals surface area contributed by atoms with Crippen molar-refractivity contribution in [3.63, 3.8) is 0 Å². The second-order valence-corrected chi connectivity index (χ2v) is 5.50. The van der Waals surface area contributed by atoms with Gasteiger partial charge >= 0.3 is 6.03 Å². The van der Waals surface area contributed by atoms with Crippen LogP contribution in [0.1, 0.15) is 31.4 Å². The molecule has 1 N–H and O–H groups in total. The maximum atomic E-state index is 12.0. The summed E-state index contributed by atoms with van der Waals surface area (Å²) in [6.07, 6.45) is 7.29. The minimum atomic E-state index is -0.0262. The molecule has 0 spiro atoms. The summed E-state index contributed by atoms with van der Waals surface area (Å²) in [6, 6.07) is 5.81. The summed E-state index contributed by atoms with van der Waals surface area (Å²) in [5.41, 5.74) is 1.01. The maximum Gasteiger partial charge on any atom is 0.317 e. The van der Waals surface area contributed by atoms with Crippen molar-refractivity contribution in [3.05, 3.63) is 30.1 Å². The lowest BCUT2D eigenvalue weighted by atomic mass is 10.1. The first-order valence-electron chi connectivity index (χ1n) is 7.76. The van der Waals surface area contributed by atoms with Crippen LogP contribution in [0.3, 0.4) is 0 Å². The third-order valence-electron chi connectivity index (χ3n) is 3.79. The molecular formula is C16H25N3O2. The number of likely N-dealkylation sites (N-methyl/N-ethyl adjacent to an activating group) is 1. The molecule has 1 saturated heterocycles. The highest BCUT2D eigenvalue weighted by Gasteiger charge is 2.14. The second kappa shape index (κ2) is 8.62. The number of hydrogen-bond donors (Lipinski definition) is 1. The molecule has 116 valence electrons. The van der Waals surface area contributed by atoms with Crippen LogP contribution in [0.5, 0.6) is 0 Å². The van der Waals surface area contributed by atoms with Gasteiger partial charge in [-0.2, -0.15) is 0 Å². The molecule has 0 aromatic carbocycles. The fraction of sp³-hybridized carbons (Fsp3) is 0.625.